The van der Waals surface area contributed by atoms with E-state index in [4.69, 9.17) is 9.47 Å². The molecule has 1 aliphatic heterocycles. The molecule has 3 N–H and O–H groups in total. The van der Waals surface area contributed by atoms with Crippen LogP contribution in [0.3, 0.4) is 0 Å². The fourth-order valence-electron chi connectivity index (χ4n) is 2.77. The van der Waals surface area contributed by atoms with Gasteiger partial charge in [-0.15, -0.1) is 0 Å². The van der Waals surface area contributed by atoms with Gasteiger partial charge in [0.15, 0.2) is 11.5 Å². The highest BCUT2D eigenvalue weighted by Gasteiger charge is 2.33. The minimum atomic E-state index is -4.71. The minimum absolute atomic E-state index is 0.00799. The van der Waals surface area contributed by atoms with Crippen molar-refractivity contribution in [2.24, 2.45) is 0 Å². The van der Waals surface area contributed by atoms with Crippen molar-refractivity contribution in [3.63, 3.8) is 0 Å². The Labute approximate surface area is 178 Å². The molecule has 3 rings (SSSR count). The zero-order valence-corrected chi connectivity index (χ0v) is 16.3. The van der Waals surface area contributed by atoms with Gasteiger partial charge in [0.05, 0.1) is 17.0 Å². The molecular formula is C19H17F3N4O6. The first-order valence-electron chi connectivity index (χ1n) is 9.19. The van der Waals surface area contributed by atoms with E-state index < -0.39 is 34.2 Å². The summed E-state index contributed by atoms with van der Waals surface area (Å²) in [4.78, 5) is 34.1. The van der Waals surface area contributed by atoms with Crippen LogP contribution >= 0.6 is 0 Å². The van der Waals surface area contributed by atoms with Crippen molar-refractivity contribution < 1.29 is 37.2 Å². The lowest BCUT2D eigenvalue weighted by atomic mass is 10.1. The van der Waals surface area contributed by atoms with E-state index >= 15 is 0 Å². The second-order valence-corrected chi connectivity index (χ2v) is 6.51. The number of anilines is 1. The molecule has 10 nitrogen and oxygen atoms in total. The molecule has 13 heteroatoms. The number of hydrogen-bond acceptors (Lipinski definition) is 7. The highest BCUT2D eigenvalue weighted by Crippen LogP contribution is 2.35. The Kier molecular flexibility index (Phi) is 6.66. The van der Waals surface area contributed by atoms with Gasteiger partial charge in [-0.2, -0.15) is 13.2 Å². The summed E-state index contributed by atoms with van der Waals surface area (Å²) in [6, 6.07) is 6.68. The molecule has 2 aromatic carbocycles. The predicted octanol–water partition coefficient (Wildman–Crippen LogP) is 2.30. The number of alkyl halides is 3. The molecular weight excluding hydrogens is 437 g/mol. The topological polar surface area (TPSA) is 132 Å². The highest BCUT2D eigenvalue weighted by molar-refractivity contribution is 5.97. The molecule has 0 bridgehead atoms. The number of nitro benzene ring substituents is 1. The Balaban J connectivity index is 1.44. The van der Waals surface area contributed by atoms with Crippen LogP contribution in [0.1, 0.15) is 15.9 Å². The first-order valence-corrected chi connectivity index (χ1v) is 9.19. The van der Waals surface area contributed by atoms with E-state index in [9.17, 15) is 32.9 Å². The SMILES string of the molecule is O=C(CNC(=O)c1ccc2c(c1)OCO2)NCCNc1ccc(C(F)(F)F)cc1[N+](=O)[O-]. The lowest BCUT2D eigenvalue weighted by molar-refractivity contribution is -0.384. The average molecular weight is 454 g/mol. The standard InChI is InChI=1S/C19H17F3N4O6/c20-19(21,22)12-2-3-13(14(8-12)26(29)30)23-5-6-24-17(27)9-25-18(28)11-1-4-15-16(7-11)32-10-31-15/h1-4,7-8,23H,5-6,9-10H2,(H,24,27)(H,25,28). The Morgan fingerprint density at radius 3 is 2.50 bits per heavy atom. The second kappa shape index (κ2) is 9.41. The lowest BCUT2D eigenvalue weighted by Gasteiger charge is -2.11. The minimum Gasteiger partial charge on any atom is -0.454 e. The van der Waals surface area contributed by atoms with Crippen LogP contribution in [-0.4, -0.2) is 43.2 Å². The van der Waals surface area contributed by atoms with Crippen LogP contribution in [0.5, 0.6) is 11.5 Å². The third-order valence-electron chi connectivity index (χ3n) is 4.33. The molecule has 1 aliphatic rings. The van der Waals surface area contributed by atoms with Crippen molar-refractivity contribution in [1.82, 2.24) is 10.6 Å². The Morgan fingerprint density at radius 2 is 1.78 bits per heavy atom. The molecule has 0 spiro atoms. The molecule has 2 amide bonds. The molecule has 0 saturated carbocycles. The van der Waals surface area contributed by atoms with Gasteiger partial charge in [0.1, 0.15) is 5.69 Å². The van der Waals surface area contributed by atoms with Gasteiger partial charge < -0.3 is 25.4 Å². The van der Waals surface area contributed by atoms with Crippen LogP contribution in [-0.2, 0) is 11.0 Å². The third-order valence-corrected chi connectivity index (χ3v) is 4.33. The summed E-state index contributed by atoms with van der Waals surface area (Å²) in [5, 5.41) is 18.6. The largest absolute Gasteiger partial charge is 0.454 e. The van der Waals surface area contributed by atoms with Crippen molar-refractivity contribution in [2.75, 3.05) is 31.7 Å². The number of rotatable bonds is 8. The molecule has 0 saturated heterocycles. The number of carbonyl (C=O) groups excluding carboxylic acids is 2. The predicted molar refractivity (Wildman–Crippen MR) is 104 cm³/mol. The summed E-state index contributed by atoms with van der Waals surface area (Å²) >= 11 is 0. The normalized spacial score (nSPS) is 12.2. The van der Waals surface area contributed by atoms with Crippen LogP contribution in [0.25, 0.3) is 0 Å². The fourth-order valence-corrected chi connectivity index (χ4v) is 2.77. The highest BCUT2D eigenvalue weighted by atomic mass is 19.4. The summed E-state index contributed by atoms with van der Waals surface area (Å²) < 4.78 is 48.5. The quantitative estimate of drug-likeness (QED) is 0.317. The number of fused-ring (bicyclic) bond motifs is 1. The van der Waals surface area contributed by atoms with Crippen molar-refractivity contribution in [3.05, 3.63) is 57.6 Å². The molecule has 0 aromatic heterocycles. The molecule has 0 aliphatic carbocycles. The first-order chi connectivity index (χ1) is 15.1. The van der Waals surface area contributed by atoms with Gasteiger partial charge in [-0.3, -0.25) is 19.7 Å². The smallest absolute Gasteiger partial charge is 0.416 e. The average Bonchev–Trinajstić information content (AvgIpc) is 3.22. The number of nitrogens with one attached hydrogen (secondary N) is 3. The summed E-state index contributed by atoms with van der Waals surface area (Å²) in [6.45, 7) is -0.245. The van der Waals surface area contributed by atoms with Crippen LogP contribution in [0, 0.1) is 10.1 Å². The Hall–Kier alpha value is -4.03. The van der Waals surface area contributed by atoms with Gasteiger partial charge in [-0.1, -0.05) is 0 Å². The number of amides is 2. The van der Waals surface area contributed by atoms with Crippen LogP contribution in [0.4, 0.5) is 24.5 Å². The van der Waals surface area contributed by atoms with E-state index in [0.29, 0.717) is 17.6 Å². The lowest BCUT2D eigenvalue weighted by Crippen LogP contribution is -2.38. The molecule has 32 heavy (non-hydrogen) atoms. The zero-order chi connectivity index (χ0) is 23.3. The Bertz CT molecular complexity index is 1040. The van der Waals surface area contributed by atoms with E-state index in [0.717, 1.165) is 12.1 Å². The van der Waals surface area contributed by atoms with E-state index in [1.165, 1.54) is 12.1 Å². The van der Waals surface area contributed by atoms with E-state index in [-0.39, 0.29) is 37.7 Å². The number of benzene rings is 2. The van der Waals surface area contributed by atoms with E-state index in [2.05, 4.69) is 16.0 Å². The summed E-state index contributed by atoms with van der Waals surface area (Å²) in [5.41, 5.74) is -1.71. The molecule has 0 fully saturated rings. The van der Waals surface area contributed by atoms with Crippen LogP contribution < -0.4 is 25.4 Å². The maximum Gasteiger partial charge on any atom is 0.416 e. The van der Waals surface area contributed by atoms with Crippen LogP contribution in [0.2, 0.25) is 0 Å². The number of nitrogens with zero attached hydrogens (tertiary/aromatic N) is 1. The van der Waals surface area contributed by atoms with Gasteiger partial charge in [0.25, 0.3) is 11.6 Å². The molecule has 170 valence electrons. The number of ether oxygens (including phenoxy) is 2. The van der Waals surface area contributed by atoms with Gasteiger partial charge >= 0.3 is 6.18 Å². The third kappa shape index (κ3) is 5.56. The summed E-state index contributed by atoms with van der Waals surface area (Å²) in [5.74, 6) is -0.0922. The number of hydrogen-bond donors (Lipinski definition) is 3. The second-order valence-electron chi connectivity index (χ2n) is 6.51. The Morgan fingerprint density at radius 1 is 1.03 bits per heavy atom. The molecule has 1 heterocycles. The number of nitro groups is 1. The maximum absolute atomic E-state index is 12.7. The summed E-state index contributed by atoms with van der Waals surface area (Å²) in [6.07, 6.45) is -4.71. The van der Waals surface area contributed by atoms with Gasteiger partial charge in [-0.05, 0) is 30.3 Å². The zero-order valence-electron chi connectivity index (χ0n) is 16.3. The summed E-state index contributed by atoms with van der Waals surface area (Å²) in [7, 11) is 0. The fraction of sp³-hybridized carbons (Fsp3) is 0.263. The number of carbonyl (C=O) groups is 2. The maximum atomic E-state index is 12.7. The van der Waals surface area contributed by atoms with Gasteiger partial charge in [0, 0.05) is 24.7 Å². The van der Waals surface area contributed by atoms with E-state index in [1.54, 1.807) is 6.07 Å². The van der Waals surface area contributed by atoms with Crippen molar-refractivity contribution in [3.8, 4) is 11.5 Å². The van der Waals surface area contributed by atoms with Crippen molar-refractivity contribution >= 4 is 23.2 Å². The van der Waals surface area contributed by atoms with Gasteiger partial charge in [0.2, 0.25) is 12.7 Å². The van der Waals surface area contributed by atoms with Crippen LogP contribution in [0.15, 0.2) is 36.4 Å². The molecule has 0 unspecified atom stereocenters. The number of halogens is 3. The van der Waals surface area contributed by atoms with E-state index in [1.807, 2.05) is 0 Å². The molecule has 0 radical (unpaired) electrons. The molecule has 2 aromatic rings. The monoisotopic (exact) mass is 454 g/mol. The van der Waals surface area contributed by atoms with Crippen molar-refractivity contribution in [2.45, 2.75) is 6.18 Å². The van der Waals surface area contributed by atoms with Gasteiger partial charge in [-0.25, -0.2) is 0 Å². The first kappa shape index (κ1) is 22.7. The van der Waals surface area contributed by atoms with Crippen molar-refractivity contribution in [1.29, 1.82) is 0 Å². The molecule has 0 atom stereocenters.